The van der Waals surface area contributed by atoms with Gasteiger partial charge in [0.1, 0.15) is 12.4 Å². The van der Waals surface area contributed by atoms with E-state index < -0.39 is 6.04 Å². The molecule has 0 amide bonds. The Morgan fingerprint density at radius 3 is 2.70 bits per heavy atom. The summed E-state index contributed by atoms with van der Waals surface area (Å²) in [6, 6.07) is 15.1. The molecule has 0 saturated heterocycles. The van der Waals surface area contributed by atoms with Crippen LogP contribution in [-0.4, -0.2) is 15.9 Å². The van der Waals surface area contributed by atoms with E-state index in [0.29, 0.717) is 13.0 Å². The predicted octanol–water partition coefficient (Wildman–Crippen LogP) is 3.95. The summed E-state index contributed by atoms with van der Waals surface area (Å²) in [4.78, 5) is 13.8. The second-order valence-electron chi connectivity index (χ2n) is 5.61. The predicted molar refractivity (Wildman–Crippen MR) is 89.2 cm³/mol. The van der Waals surface area contributed by atoms with Gasteiger partial charge >= 0.3 is 0 Å². The number of nitrogens with zero attached hydrogens (tertiary/aromatic N) is 1. The van der Waals surface area contributed by atoms with Gasteiger partial charge < -0.3 is 9.72 Å². The number of fused-ring (bicyclic) bond motifs is 1. The minimum Gasteiger partial charge on any atom is -0.487 e. The number of benzene rings is 2. The molecule has 0 aliphatic carbocycles. The molecular formula is C18H18N2O3. The van der Waals surface area contributed by atoms with Crippen molar-refractivity contribution in [1.29, 1.82) is 0 Å². The molecule has 2 aromatic carbocycles. The molecule has 3 aromatic rings. The number of ether oxygens (including phenoxy) is 1. The van der Waals surface area contributed by atoms with E-state index in [-0.39, 0.29) is 4.92 Å². The van der Waals surface area contributed by atoms with Crippen LogP contribution in [0.25, 0.3) is 10.9 Å². The maximum atomic E-state index is 10.9. The molecule has 1 heterocycles. The van der Waals surface area contributed by atoms with Crippen molar-refractivity contribution in [3.05, 3.63) is 76.0 Å². The molecule has 0 saturated carbocycles. The molecule has 0 fully saturated rings. The number of hydrogen-bond donors (Lipinski definition) is 1. The highest BCUT2D eigenvalue weighted by Gasteiger charge is 2.17. The van der Waals surface area contributed by atoms with Crippen molar-refractivity contribution in [3.8, 4) is 5.75 Å². The molecule has 0 aliphatic heterocycles. The third-order valence-electron chi connectivity index (χ3n) is 3.88. The Kier molecular flexibility index (Phi) is 4.28. The number of para-hydroxylation sites is 1. The number of nitrogens with one attached hydrogen (secondary N) is 1. The topological polar surface area (TPSA) is 68.2 Å². The maximum absolute atomic E-state index is 10.9. The zero-order chi connectivity index (χ0) is 16.2. The molecular weight excluding hydrogens is 292 g/mol. The van der Waals surface area contributed by atoms with Gasteiger partial charge in [-0.1, -0.05) is 42.5 Å². The normalized spacial score (nSPS) is 12.2. The maximum Gasteiger partial charge on any atom is 0.214 e. The molecule has 3 rings (SSSR count). The molecule has 0 radical (unpaired) electrons. The van der Waals surface area contributed by atoms with Crippen molar-refractivity contribution < 1.29 is 9.66 Å². The van der Waals surface area contributed by atoms with Crippen molar-refractivity contribution in [1.82, 2.24) is 4.98 Å². The second-order valence-corrected chi connectivity index (χ2v) is 5.61. The van der Waals surface area contributed by atoms with Gasteiger partial charge in [0.2, 0.25) is 6.04 Å². The molecule has 23 heavy (non-hydrogen) atoms. The largest absolute Gasteiger partial charge is 0.487 e. The van der Waals surface area contributed by atoms with Crippen LogP contribution in [-0.2, 0) is 13.0 Å². The van der Waals surface area contributed by atoms with Gasteiger partial charge in [0.15, 0.2) is 0 Å². The first kappa shape index (κ1) is 15.1. The standard InChI is InChI=1S/C18H18N2O3/c1-13(20(21)22)10-15-11-19-18-16(15)8-5-9-17(18)23-12-14-6-3-2-4-7-14/h2-9,11,13,19H,10,12H2,1H3. The quantitative estimate of drug-likeness (QED) is 0.553. The summed E-state index contributed by atoms with van der Waals surface area (Å²) in [5.74, 6) is 0.756. The van der Waals surface area contributed by atoms with E-state index >= 15 is 0 Å². The zero-order valence-electron chi connectivity index (χ0n) is 12.9. The van der Waals surface area contributed by atoms with Crippen LogP contribution in [0.2, 0.25) is 0 Å². The van der Waals surface area contributed by atoms with Gasteiger partial charge in [-0.05, 0) is 17.2 Å². The molecule has 1 aromatic heterocycles. The van der Waals surface area contributed by atoms with Gasteiger partial charge in [-0.2, -0.15) is 0 Å². The van der Waals surface area contributed by atoms with Crippen LogP contribution in [0.5, 0.6) is 5.75 Å². The summed E-state index contributed by atoms with van der Waals surface area (Å²) in [6.45, 7) is 2.11. The Labute approximate surface area is 134 Å². The van der Waals surface area contributed by atoms with Crippen molar-refractivity contribution in [2.75, 3.05) is 0 Å². The molecule has 0 bridgehead atoms. The number of rotatable bonds is 6. The van der Waals surface area contributed by atoms with Crippen LogP contribution in [0.4, 0.5) is 0 Å². The summed E-state index contributed by atoms with van der Waals surface area (Å²) in [6.07, 6.45) is 2.23. The van der Waals surface area contributed by atoms with E-state index in [1.807, 2.05) is 54.7 Å². The van der Waals surface area contributed by atoms with Gasteiger partial charge in [-0.3, -0.25) is 10.1 Å². The van der Waals surface area contributed by atoms with Gasteiger partial charge in [-0.25, -0.2) is 0 Å². The van der Waals surface area contributed by atoms with E-state index in [4.69, 9.17) is 4.74 Å². The molecule has 1 N–H and O–H groups in total. The Balaban J connectivity index is 1.82. The Hall–Kier alpha value is -2.82. The average Bonchev–Trinajstić information content (AvgIpc) is 2.97. The summed E-state index contributed by atoms with van der Waals surface area (Å²) in [7, 11) is 0. The van der Waals surface area contributed by atoms with Gasteiger partial charge in [0.25, 0.3) is 0 Å². The van der Waals surface area contributed by atoms with Crippen LogP contribution < -0.4 is 4.74 Å². The lowest BCUT2D eigenvalue weighted by Crippen LogP contribution is -2.17. The minimum atomic E-state index is -0.608. The van der Waals surface area contributed by atoms with Crippen LogP contribution in [0.1, 0.15) is 18.1 Å². The fourth-order valence-electron chi connectivity index (χ4n) is 2.60. The first-order chi connectivity index (χ1) is 11.1. The van der Waals surface area contributed by atoms with Crippen LogP contribution in [0.3, 0.4) is 0 Å². The average molecular weight is 310 g/mol. The van der Waals surface area contributed by atoms with Gasteiger partial charge in [0, 0.05) is 29.9 Å². The number of H-pyrrole nitrogens is 1. The number of aromatic nitrogens is 1. The zero-order valence-corrected chi connectivity index (χ0v) is 12.9. The van der Waals surface area contributed by atoms with Crippen LogP contribution in [0.15, 0.2) is 54.7 Å². The molecule has 1 atom stereocenters. The lowest BCUT2D eigenvalue weighted by Gasteiger charge is -2.08. The number of nitro groups is 1. The Bertz CT molecular complexity index is 812. The SMILES string of the molecule is CC(Cc1c[nH]c2c(OCc3ccccc3)cccc12)[N+](=O)[O-]. The van der Waals surface area contributed by atoms with Crippen molar-refractivity contribution in [3.63, 3.8) is 0 Å². The Morgan fingerprint density at radius 2 is 1.96 bits per heavy atom. The van der Waals surface area contributed by atoms with Crippen LogP contribution in [0, 0.1) is 10.1 Å². The smallest absolute Gasteiger partial charge is 0.214 e. The van der Waals surface area contributed by atoms with E-state index in [9.17, 15) is 10.1 Å². The lowest BCUT2D eigenvalue weighted by molar-refractivity contribution is -0.517. The highest BCUT2D eigenvalue weighted by molar-refractivity contribution is 5.88. The number of aromatic amines is 1. The van der Waals surface area contributed by atoms with Gasteiger partial charge in [-0.15, -0.1) is 0 Å². The number of hydrogen-bond acceptors (Lipinski definition) is 3. The third kappa shape index (κ3) is 3.34. The lowest BCUT2D eigenvalue weighted by atomic mass is 10.1. The monoisotopic (exact) mass is 310 g/mol. The third-order valence-corrected chi connectivity index (χ3v) is 3.88. The van der Waals surface area contributed by atoms with Crippen molar-refractivity contribution in [2.24, 2.45) is 0 Å². The highest BCUT2D eigenvalue weighted by atomic mass is 16.6. The second kappa shape index (κ2) is 6.52. The molecule has 118 valence electrons. The van der Waals surface area contributed by atoms with Gasteiger partial charge in [0.05, 0.1) is 5.52 Å². The summed E-state index contributed by atoms with van der Waals surface area (Å²) < 4.78 is 5.91. The van der Waals surface area contributed by atoms with E-state index in [2.05, 4.69) is 4.98 Å². The fourth-order valence-corrected chi connectivity index (χ4v) is 2.60. The minimum absolute atomic E-state index is 0.255. The molecule has 1 unspecified atom stereocenters. The molecule has 0 spiro atoms. The summed E-state index contributed by atoms with van der Waals surface area (Å²) in [5.41, 5.74) is 2.92. The summed E-state index contributed by atoms with van der Waals surface area (Å²) >= 11 is 0. The summed E-state index contributed by atoms with van der Waals surface area (Å²) in [5, 5.41) is 11.8. The van der Waals surface area contributed by atoms with E-state index in [1.165, 1.54) is 0 Å². The first-order valence-electron chi connectivity index (χ1n) is 7.54. The van der Waals surface area contributed by atoms with E-state index in [0.717, 1.165) is 27.8 Å². The first-order valence-corrected chi connectivity index (χ1v) is 7.54. The highest BCUT2D eigenvalue weighted by Crippen LogP contribution is 2.28. The van der Waals surface area contributed by atoms with Crippen LogP contribution >= 0.6 is 0 Å². The molecule has 5 nitrogen and oxygen atoms in total. The fraction of sp³-hybridized carbons (Fsp3) is 0.222. The Morgan fingerprint density at radius 1 is 1.17 bits per heavy atom. The van der Waals surface area contributed by atoms with Crippen molar-refractivity contribution in [2.45, 2.75) is 26.0 Å². The molecule has 5 heteroatoms. The molecule has 0 aliphatic rings. The van der Waals surface area contributed by atoms with Crippen molar-refractivity contribution >= 4 is 10.9 Å². The van der Waals surface area contributed by atoms with E-state index in [1.54, 1.807) is 6.92 Å².